The van der Waals surface area contributed by atoms with Crippen LogP contribution >= 0.6 is 0 Å². The summed E-state index contributed by atoms with van der Waals surface area (Å²) in [4.78, 5) is 42.3. The van der Waals surface area contributed by atoms with Crippen LogP contribution in [0.3, 0.4) is 0 Å². The highest BCUT2D eigenvalue weighted by Crippen LogP contribution is 2.27. The Morgan fingerprint density at radius 2 is 1.78 bits per heavy atom. The minimum Gasteiger partial charge on any atom is -0.492 e. The summed E-state index contributed by atoms with van der Waals surface area (Å²) in [5.74, 6) is -0.305. The molecule has 0 saturated carbocycles. The Bertz CT molecular complexity index is 1070. The second kappa shape index (κ2) is 12.9. The molecular formula is C30H39N3O4. The molecule has 0 aliphatic carbocycles. The SMILES string of the molecule is CC[C@H](C)[C@@H]1NCCOc2ccccc2CCCNC(=O)[C@@H](Cc2ccccc2)N2CC[C@@H](C1=O)C2=O. The zero-order valence-corrected chi connectivity index (χ0v) is 21.9. The van der Waals surface area contributed by atoms with Crippen LogP contribution in [0, 0.1) is 11.8 Å². The number of carbonyl (C=O) groups excluding carboxylic acids is 3. The molecule has 1 saturated heterocycles. The minimum atomic E-state index is -0.727. The van der Waals surface area contributed by atoms with Crippen LogP contribution in [0.4, 0.5) is 0 Å². The Kier molecular flexibility index (Phi) is 9.34. The number of ketones is 1. The van der Waals surface area contributed by atoms with Crippen molar-refractivity contribution in [2.24, 2.45) is 11.8 Å². The Morgan fingerprint density at radius 3 is 2.57 bits per heavy atom. The molecule has 4 rings (SSSR count). The van der Waals surface area contributed by atoms with Gasteiger partial charge >= 0.3 is 0 Å². The predicted molar refractivity (Wildman–Crippen MR) is 143 cm³/mol. The molecule has 2 amide bonds. The van der Waals surface area contributed by atoms with E-state index in [4.69, 9.17) is 4.74 Å². The Labute approximate surface area is 220 Å². The summed E-state index contributed by atoms with van der Waals surface area (Å²) in [7, 11) is 0. The van der Waals surface area contributed by atoms with E-state index in [1.165, 1.54) is 0 Å². The Balaban J connectivity index is 1.60. The van der Waals surface area contributed by atoms with Crippen molar-refractivity contribution in [1.29, 1.82) is 0 Å². The van der Waals surface area contributed by atoms with Crippen LogP contribution in [-0.2, 0) is 27.2 Å². The molecule has 7 heteroatoms. The van der Waals surface area contributed by atoms with E-state index >= 15 is 0 Å². The predicted octanol–water partition coefficient (Wildman–Crippen LogP) is 3.16. The van der Waals surface area contributed by atoms with E-state index in [9.17, 15) is 14.4 Å². The fourth-order valence-electron chi connectivity index (χ4n) is 5.33. The molecule has 198 valence electrons. The van der Waals surface area contributed by atoms with Gasteiger partial charge in [0.05, 0.1) is 6.04 Å². The Morgan fingerprint density at radius 1 is 1.03 bits per heavy atom. The molecule has 2 aliphatic heterocycles. The van der Waals surface area contributed by atoms with Crippen LogP contribution in [0.2, 0.25) is 0 Å². The molecule has 2 heterocycles. The van der Waals surface area contributed by atoms with Gasteiger partial charge in [0.25, 0.3) is 0 Å². The van der Waals surface area contributed by atoms with Crippen molar-refractivity contribution in [3.05, 3.63) is 65.7 Å². The zero-order valence-electron chi connectivity index (χ0n) is 21.9. The summed E-state index contributed by atoms with van der Waals surface area (Å²) in [5.41, 5.74) is 2.08. The van der Waals surface area contributed by atoms with Gasteiger partial charge in [0.2, 0.25) is 11.8 Å². The molecule has 0 aromatic heterocycles. The zero-order chi connectivity index (χ0) is 26.2. The number of nitrogens with zero attached hydrogens (tertiary/aromatic N) is 1. The largest absolute Gasteiger partial charge is 0.492 e. The quantitative estimate of drug-likeness (QED) is 0.624. The smallest absolute Gasteiger partial charge is 0.243 e. The number of hydrogen-bond donors (Lipinski definition) is 2. The van der Waals surface area contributed by atoms with Crippen molar-refractivity contribution in [2.75, 3.05) is 26.2 Å². The van der Waals surface area contributed by atoms with Crippen LogP contribution in [-0.4, -0.2) is 60.8 Å². The molecular weight excluding hydrogens is 466 g/mol. The van der Waals surface area contributed by atoms with E-state index in [-0.39, 0.29) is 23.5 Å². The summed E-state index contributed by atoms with van der Waals surface area (Å²) >= 11 is 0. The van der Waals surface area contributed by atoms with Crippen molar-refractivity contribution in [1.82, 2.24) is 15.5 Å². The van der Waals surface area contributed by atoms with Gasteiger partial charge in [0, 0.05) is 26.1 Å². The summed E-state index contributed by atoms with van der Waals surface area (Å²) in [6, 6.07) is 16.6. The lowest BCUT2D eigenvalue weighted by Gasteiger charge is -2.28. The van der Waals surface area contributed by atoms with Gasteiger partial charge in [0.15, 0.2) is 5.78 Å². The van der Waals surface area contributed by atoms with Crippen LogP contribution < -0.4 is 15.4 Å². The maximum Gasteiger partial charge on any atom is 0.243 e. The van der Waals surface area contributed by atoms with Gasteiger partial charge in [-0.3, -0.25) is 14.4 Å². The molecule has 2 bridgehead atoms. The van der Waals surface area contributed by atoms with E-state index in [2.05, 4.69) is 17.6 Å². The van der Waals surface area contributed by atoms with Gasteiger partial charge in [-0.05, 0) is 42.4 Å². The number of para-hydroxylation sites is 1. The van der Waals surface area contributed by atoms with Crippen molar-refractivity contribution in [3.63, 3.8) is 0 Å². The van der Waals surface area contributed by atoms with E-state index in [0.29, 0.717) is 39.1 Å². The number of Topliss-reactive ketones (excluding diaryl/α,β-unsaturated/α-hetero) is 1. The van der Waals surface area contributed by atoms with Gasteiger partial charge in [-0.15, -0.1) is 0 Å². The second-order valence-electron chi connectivity index (χ2n) is 10.1. The average molecular weight is 506 g/mol. The Hall–Kier alpha value is -3.19. The molecule has 0 radical (unpaired) electrons. The highest BCUT2D eigenvalue weighted by atomic mass is 16.5. The van der Waals surface area contributed by atoms with Gasteiger partial charge in [-0.2, -0.15) is 0 Å². The van der Waals surface area contributed by atoms with Gasteiger partial charge in [-0.1, -0.05) is 68.8 Å². The van der Waals surface area contributed by atoms with Crippen LogP contribution in [0.1, 0.15) is 44.2 Å². The van der Waals surface area contributed by atoms with Crippen molar-refractivity contribution < 1.29 is 19.1 Å². The lowest BCUT2D eigenvalue weighted by molar-refractivity contribution is -0.143. The third-order valence-electron chi connectivity index (χ3n) is 7.67. The minimum absolute atomic E-state index is 0.0761. The first-order valence-corrected chi connectivity index (χ1v) is 13.6. The molecule has 7 nitrogen and oxygen atoms in total. The lowest BCUT2D eigenvalue weighted by Crippen LogP contribution is -2.51. The van der Waals surface area contributed by atoms with Crippen LogP contribution in [0.5, 0.6) is 5.75 Å². The van der Waals surface area contributed by atoms with E-state index in [1.54, 1.807) is 4.90 Å². The van der Waals surface area contributed by atoms with Gasteiger partial charge in [0.1, 0.15) is 24.3 Å². The lowest BCUT2D eigenvalue weighted by atomic mass is 9.87. The van der Waals surface area contributed by atoms with Crippen molar-refractivity contribution in [3.8, 4) is 5.75 Å². The number of carbonyl (C=O) groups is 3. The molecule has 0 spiro atoms. The number of rotatable bonds is 4. The maximum absolute atomic E-state index is 13.7. The molecule has 2 N–H and O–H groups in total. The average Bonchev–Trinajstić information content (AvgIpc) is 3.30. The van der Waals surface area contributed by atoms with Gasteiger partial charge in [-0.25, -0.2) is 0 Å². The fourth-order valence-corrected chi connectivity index (χ4v) is 5.33. The third-order valence-corrected chi connectivity index (χ3v) is 7.67. The number of hydrogen-bond acceptors (Lipinski definition) is 5. The molecule has 2 aliphatic rings. The summed E-state index contributed by atoms with van der Waals surface area (Å²) in [6.45, 7) is 5.94. The normalized spacial score (nSPS) is 24.5. The third kappa shape index (κ3) is 6.58. The summed E-state index contributed by atoms with van der Waals surface area (Å²) < 4.78 is 6.06. The molecule has 1 fully saturated rings. The fraction of sp³-hybridized carbons (Fsp3) is 0.500. The van der Waals surface area contributed by atoms with Crippen LogP contribution in [0.15, 0.2) is 54.6 Å². The second-order valence-corrected chi connectivity index (χ2v) is 10.1. The standard InChI is InChI=1S/C30H39N3O4/c1-3-21(2)27-28(34)24-15-18-33(30(24)36)25(20-22-10-5-4-6-11-22)29(35)32-16-9-13-23-12-7-8-14-26(23)37-19-17-31-27/h4-8,10-12,14,21,24-25,27,31H,3,9,13,15-20H2,1-2H3,(H,32,35)/t21-,24-,25+,27-/m0/s1. The first-order valence-electron chi connectivity index (χ1n) is 13.6. The van der Waals surface area contributed by atoms with Crippen LogP contribution in [0.25, 0.3) is 0 Å². The number of nitrogens with one attached hydrogen (secondary N) is 2. The van der Waals surface area contributed by atoms with E-state index in [0.717, 1.165) is 36.1 Å². The molecule has 2 aromatic rings. The number of benzene rings is 2. The molecule has 37 heavy (non-hydrogen) atoms. The summed E-state index contributed by atoms with van der Waals surface area (Å²) in [6.07, 6.45) is 3.20. The number of amides is 2. The maximum atomic E-state index is 13.7. The first kappa shape index (κ1) is 26.9. The summed E-state index contributed by atoms with van der Waals surface area (Å²) in [5, 5.41) is 6.44. The number of fused-ring (bicyclic) bond motifs is 3. The highest BCUT2D eigenvalue weighted by molar-refractivity contribution is 6.06. The molecule has 0 unspecified atom stereocenters. The van der Waals surface area contributed by atoms with Gasteiger partial charge < -0.3 is 20.3 Å². The van der Waals surface area contributed by atoms with Crippen molar-refractivity contribution in [2.45, 2.75) is 58.0 Å². The first-order chi connectivity index (χ1) is 18.0. The van der Waals surface area contributed by atoms with E-state index < -0.39 is 18.0 Å². The number of ether oxygens (including phenoxy) is 1. The molecule has 4 atom stereocenters. The topological polar surface area (TPSA) is 87.7 Å². The van der Waals surface area contributed by atoms with Crippen molar-refractivity contribution >= 4 is 17.6 Å². The monoisotopic (exact) mass is 505 g/mol. The highest BCUT2D eigenvalue weighted by Gasteiger charge is 2.44. The molecule has 2 aromatic carbocycles. The number of aryl methyl sites for hydroxylation is 1. The van der Waals surface area contributed by atoms with E-state index in [1.807, 2.05) is 61.5 Å².